The summed E-state index contributed by atoms with van der Waals surface area (Å²) in [6.07, 6.45) is 12.3. The number of alkyl halides is 6. The summed E-state index contributed by atoms with van der Waals surface area (Å²) in [6, 6.07) is 13.4. The Bertz CT molecular complexity index is 2150. The van der Waals surface area contributed by atoms with Crippen molar-refractivity contribution in [2.24, 2.45) is 0 Å². The number of pyridine rings is 4. The molecule has 0 saturated carbocycles. The van der Waals surface area contributed by atoms with E-state index in [0.29, 0.717) is 102 Å². The Balaban J connectivity index is -0.000000452. The number of aromatic nitrogens is 4. The van der Waals surface area contributed by atoms with E-state index in [2.05, 4.69) is 19.9 Å². The van der Waals surface area contributed by atoms with E-state index in [4.69, 9.17) is 82.8 Å². The molecule has 0 N–H and O–H groups in total. The minimum atomic E-state index is -6.09. The normalized spacial score (nSPS) is 10.6. The van der Waals surface area contributed by atoms with E-state index in [-0.39, 0.29) is 95.1 Å². The average Bonchev–Trinajstić information content (AvgIpc) is 3.43. The van der Waals surface area contributed by atoms with Crippen molar-refractivity contribution in [1.82, 2.24) is 19.9 Å². The molecule has 4 rings (SSSR count). The van der Waals surface area contributed by atoms with Gasteiger partial charge in [0.2, 0.25) is 0 Å². The predicted octanol–water partition coefficient (Wildman–Crippen LogP) is 3.70. The smallest absolute Gasteiger partial charge is 0.741 e. The van der Waals surface area contributed by atoms with Crippen molar-refractivity contribution in [2.75, 3.05) is 134 Å². The molecule has 0 saturated heterocycles. The number of carbonyl (C=O) groups is 4. The zero-order valence-electron chi connectivity index (χ0n) is 44.0. The Morgan fingerprint density at radius 2 is 0.549 bits per heavy atom. The van der Waals surface area contributed by atoms with Crippen molar-refractivity contribution in [2.45, 2.75) is 11.0 Å². The van der Waals surface area contributed by atoms with Crippen molar-refractivity contribution in [3.05, 3.63) is 120 Å². The van der Waals surface area contributed by atoms with Crippen LogP contribution in [0.25, 0.3) is 0 Å². The molecule has 4 aromatic rings. The fourth-order valence-corrected chi connectivity index (χ4v) is 4.02. The van der Waals surface area contributed by atoms with E-state index in [1.54, 1.807) is 102 Å². The summed E-state index contributed by atoms with van der Waals surface area (Å²) in [5.41, 5.74) is -9.52. The third-order valence-electron chi connectivity index (χ3n) is 7.73. The molecule has 0 aliphatic heterocycles. The SMILES string of the molecule is COCCOCCOC(=O)c1cccnc1.COCCOCCOC(=O)c1cccnc1.COCCOCCOC(=O)c1cccnc1.COCCOCCOC(=O)c1cccnc1.O=S(=O)([O-])C(F)(F)F.O=S(=O)([O-])C(F)(F)F.[Ag+].[Ag+]. The van der Waals surface area contributed by atoms with Gasteiger partial charge >= 0.3 is 79.7 Å². The molecule has 0 fully saturated rings. The van der Waals surface area contributed by atoms with Gasteiger partial charge in [-0.15, -0.1) is 0 Å². The van der Waals surface area contributed by atoms with Gasteiger partial charge in [0.05, 0.1) is 102 Å². The van der Waals surface area contributed by atoms with Crippen LogP contribution in [0.1, 0.15) is 41.4 Å². The van der Waals surface area contributed by atoms with Gasteiger partial charge in [-0.3, -0.25) is 19.9 Å². The zero-order valence-corrected chi connectivity index (χ0v) is 48.6. The quantitative estimate of drug-likeness (QED) is 0.0149. The summed E-state index contributed by atoms with van der Waals surface area (Å²) in [6.45, 7) is 6.57. The Morgan fingerprint density at radius 3 is 0.683 bits per heavy atom. The Labute approximate surface area is 500 Å². The van der Waals surface area contributed by atoms with Gasteiger partial charge in [-0.25, -0.2) is 36.0 Å². The second-order valence-corrected chi connectivity index (χ2v) is 16.5. The molecule has 26 nitrogen and oxygen atoms in total. The number of halogens is 6. The molecule has 82 heavy (non-hydrogen) atoms. The van der Waals surface area contributed by atoms with Crippen LogP contribution in [0.15, 0.2) is 98.1 Å². The molecule has 0 aromatic carbocycles. The summed E-state index contributed by atoms with van der Waals surface area (Å²) in [5, 5.41) is 0. The van der Waals surface area contributed by atoms with Crippen LogP contribution in [0.3, 0.4) is 0 Å². The van der Waals surface area contributed by atoms with Crippen molar-refractivity contribution in [1.29, 1.82) is 0 Å². The molecule has 472 valence electrons. The Morgan fingerprint density at radius 1 is 0.378 bits per heavy atom. The van der Waals surface area contributed by atoms with Gasteiger partial charge in [-0.05, 0) is 48.5 Å². The standard InChI is InChI=1S/4C11H15NO4.2CHF3O3S.2Ag/c4*1-14-5-6-15-7-8-16-11(13)10-3-2-4-12-9-10;2*2-1(3,4)8(5,6)7;;/h4*2-4,9H,5-8H2,1H3;2*(H,5,6,7);;/q;;;;;;2*+1/p-2. The first-order chi connectivity index (χ1) is 37.9. The summed E-state index contributed by atoms with van der Waals surface area (Å²) in [5.74, 6) is -1.54. The molecule has 0 aliphatic rings. The van der Waals surface area contributed by atoms with E-state index in [9.17, 15) is 45.5 Å². The minimum absolute atomic E-state index is 0. The van der Waals surface area contributed by atoms with Gasteiger partial charge in [0, 0.05) is 78.0 Å². The second-order valence-electron chi connectivity index (χ2n) is 13.7. The van der Waals surface area contributed by atoms with E-state index >= 15 is 0 Å². The number of ether oxygens (including phenoxy) is 12. The summed E-state index contributed by atoms with van der Waals surface area (Å²) in [7, 11) is -5.77. The van der Waals surface area contributed by atoms with Crippen LogP contribution in [-0.4, -0.2) is 215 Å². The molecule has 4 aromatic heterocycles. The van der Waals surface area contributed by atoms with Crippen LogP contribution in [0.5, 0.6) is 0 Å². The van der Waals surface area contributed by atoms with Gasteiger partial charge < -0.3 is 65.9 Å². The fraction of sp³-hybridized carbons (Fsp3) is 0.478. The number of hydrogen-bond acceptors (Lipinski definition) is 26. The maximum Gasteiger partial charge on any atom is 1.00 e. The van der Waals surface area contributed by atoms with Crippen molar-refractivity contribution in [3.8, 4) is 0 Å². The van der Waals surface area contributed by atoms with Crippen molar-refractivity contribution in [3.63, 3.8) is 0 Å². The molecule has 0 unspecified atom stereocenters. The number of carbonyl (C=O) groups excluding carboxylic acids is 4. The largest absolute Gasteiger partial charge is 1.00 e. The Hall–Kier alpha value is -4.96. The van der Waals surface area contributed by atoms with E-state index in [1.807, 2.05) is 0 Å². The van der Waals surface area contributed by atoms with Crippen LogP contribution in [0, 0.1) is 0 Å². The first kappa shape index (κ1) is 83.5. The van der Waals surface area contributed by atoms with Gasteiger partial charge in [0.15, 0.2) is 20.2 Å². The molecule has 0 atom stereocenters. The van der Waals surface area contributed by atoms with Gasteiger partial charge in [0.1, 0.15) is 26.4 Å². The molecule has 36 heteroatoms. The predicted molar refractivity (Wildman–Crippen MR) is 260 cm³/mol. The average molecular weight is 1410 g/mol. The molecular formula is C46H60Ag2F6N4O22S2. The number of nitrogens with zero attached hydrogens (tertiary/aromatic N) is 4. The van der Waals surface area contributed by atoms with Gasteiger partial charge in [-0.1, -0.05) is 0 Å². The number of methoxy groups -OCH3 is 4. The molecule has 0 bridgehead atoms. The molecule has 0 amide bonds. The van der Waals surface area contributed by atoms with E-state index in [0.717, 1.165) is 0 Å². The van der Waals surface area contributed by atoms with E-state index < -0.39 is 31.3 Å². The van der Waals surface area contributed by atoms with Crippen molar-refractivity contribution < 1.29 is 173 Å². The maximum absolute atomic E-state index is 11.4. The number of rotatable bonds is 28. The fourth-order valence-electron chi connectivity index (χ4n) is 4.02. The summed E-state index contributed by atoms with van der Waals surface area (Å²) < 4.78 is 177. The third-order valence-corrected chi connectivity index (χ3v) is 8.86. The maximum atomic E-state index is 11.4. The first-order valence-corrected chi connectivity index (χ1v) is 25.3. The Kier molecular flexibility index (Phi) is 52.6. The zero-order chi connectivity index (χ0) is 60.6. The number of hydrogen-bond donors (Lipinski definition) is 0. The summed E-state index contributed by atoms with van der Waals surface area (Å²) >= 11 is 0. The molecular weight excluding hydrogens is 1350 g/mol. The van der Waals surface area contributed by atoms with E-state index in [1.165, 1.54) is 24.8 Å². The first-order valence-electron chi connectivity index (χ1n) is 22.5. The second kappa shape index (κ2) is 51.7. The third kappa shape index (κ3) is 47.5. The van der Waals surface area contributed by atoms with Crippen LogP contribution >= 0.6 is 0 Å². The van der Waals surface area contributed by atoms with Crippen LogP contribution in [0.2, 0.25) is 0 Å². The van der Waals surface area contributed by atoms with Crippen LogP contribution in [-0.2, 0) is 122 Å². The molecule has 4 heterocycles. The topological polar surface area (TPSA) is 345 Å². The van der Waals surface area contributed by atoms with Crippen LogP contribution in [0.4, 0.5) is 26.3 Å². The number of esters is 4. The summed E-state index contributed by atoms with van der Waals surface area (Å²) in [4.78, 5) is 60.9. The van der Waals surface area contributed by atoms with Gasteiger partial charge in [0.25, 0.3) is 0 Å². The van der Waals surface area contributed by atoms with Crippen LogP contribution < -0.4 is 0 Å². The molecule has 0 spiro atoms. The minimum Gasteiger partial charge on any atom is -0.741 e. The molecule has 0 radical (unpaired) electrons. The van der Waals surface area contributed by atoms with Gasteiger partial charge in [-0.2, -0.15) is 26.3 Å². The monoisotopic (exact) mass is 1410 g/mol. The van der Waals surface area contributed by atoms with Crippen molar-refractivity contribution >= 4 is 44.1 Å². The molecule has 0 aliphatic carbocycles.